The first-order valence-electron chi connectivity index (χ1n) is 8.46. The zero-order valence-electron chi connectivity index (χ0n) is 14.0. The number of thiophene rings is 1. The maximum atomic E-state index is 12.1. The van der Waals surface area contributed by atoms with Crippen molar-refractivity contribution in [2.24, 2.45) is 0 Å². The summed E-state index contributed by atoms with van der Waals surface area (Å²) in [6, 6.07) is 12.2. The predicted octanol–water partition coefficient (Wildman–Crippen LogP) is 3.39. The molecule has 1 N–H and O–H groups in total. The molecule has 128 valence electrons. The molecule has 0 radical (unpaired) electrons. The van der Waals surface area contributed by atoms with Crippen LogP contribution in [-0.2, 0) is 4.79 Å². The number of amides is 1. The molecule has 5 heteroatoms. The molecule has 0 bridgehead atoms. The van der Waals surface area contributed by atoms with Crippen molar-refractivity contribution >= 4 is 17.2 Å². The van der Waals surface area contributed by atoms with E-state index in [4.69, 9.17) is 4.74 Å². The minimum absolute atomic E-state index is 0.0558. The molecule has 0 spiro atoms. The van der Waals surface area contributed by atoms with Gasteiger partial charge in [0, 0.05) is 11.4 Å². The summed E-state index contributed by atoms with van der Waals surface area (Å²) in [5.41, 5.74) is 1.18. The van der Waals surface area contributed by atoms with Crippen molar-refractivity contribution in [3.63, 3.8) is 0 Å². The van der Waals surface area contributed by atoms with Gasteiger partial charge in [-0.05, 0) is 56.4 Å². The van der Waals surface area contributed by atoms with Crippen LogP contribution < -0.4 is 10.1 Å². The number of hydrogen-bond acceptors (Lipinski definition) is 4. The number of hydrogen-bond donors (Lipinski definition) is 1. The summed E-state index contributed by atoms with van der Waals surface area (Å²) in [5.74, 6) is 0.654. The molecule has 0 saturated carbocycles. The van der Waals surface area contributed by atoms with Gasteiger partial charge in [-0.25, -0.2) is 0 Å². The van der Waals surface area contributed by atoms with Gasteiger partial charge in [0.1, 0.15) is 5.75 Å². The van der Waals surface area contributed by atoms with E-state index >= 15 is 0 Å². The van der Waals surface area contributed by atoms with Crippen molar-refractivity contribution in [2.75, 3.05) is 26.2 Å². The Hall–Kier alpha value is -1.85. The van der Waals surface area contributed by atoms with Gasteiger partial charge in [-0.3, -0.25) is 9.69 Å². The first kappa shape index (κ1) is 17.0. The molecule has 2 heterocycles. The summed E-state index contributed by atoms with van der Waals surface area (Å²) >= 11 is 1.76. The van der Waals surface area contributed by atoms with Gasteiger partial charge in [-0.15, -0.1) is 11.3 Å². The number of carbonyl (C=O) groups is 1. The minimum atomic E-state index is -0.0728. The number of rotatable bonds is 7. The maximum absolute atomic E-state index is 12.1. The molecule has 4 nitrogen and oxygen atoms in total. The van der Waals surface area contributed by atoms with Crippen LogP contribution in [0.15, 0.2) is 41.8 Å². The molecule has 1 amide bonds. The lowest BCUT2D eigenvalue weighted by Crippen LogP contribution is -2.38. The van der Waals surface area contributed by atoms with Crippen molar-refractivity contribution in [3.8, 4) is 5.75 Å². The van der Waals surface area contributed by atoms with Gasteiger partial charge in [0.2, 0.25) is 0 Å². The van der Waals surface area contributed by atoms with Crippen molar-refractivity contribution in [1.29, 1.82) is 0 Å². The molecule has 0 unspecified atom stereocenters. The molecule has 1 aliphatic heterocycles. The molecule has 2 aromatic rings. The fraction of sp³-hybridized carbons (Fsp3) is 0.421. The average molecular weight is 344 g/mol. The largest absolute Gasteiger partial charge is 0.484 e. The monoisotopic (exact) mass is 344 g/mol. The number of ether oxygens (including phenoxy) is 1. The summed E-state index contributed by atoms with van der Waals surface area (Å²) in [7, 11) is 0. The van der Waals surface area contributed by atoms with Crippen LogP contribution in [0.2, 0.25) is 0 Å². The normalized spacial score (nSPS) is 16.0. The van der Waals surface area contributed by atoms with Crippen molar-refractivity contribution in [3.05, 3.63) is 52.2 Å². The van der Waals surface area contributed by atoms with Crippen LogP contribution in [0.1, 0.15) is 29.3 Å². The van der Waals surface area contributed by atoms with Gasteiger partial charge in [-0.1, -0.05) is 23.8 Å². The quantitative estimate of drug-likeness (QED) is 0.837. The summed E-state index contributed by atoms with van der Waals surface area (Å²) in [6.45, 7) is 4.94. The molecule has 0 aliphatic carbocycles. The number of nitrogens with one attached hydrogen (secondary N) is 1. The van der Waals surface area contributed by atoms with Gasteiger partial charge in [0.25, 0.3) is 5.91 Å². The first-order chi connectivity index (χ1) is 11.7. The Labute approximate surface area is 147 Å². The Morgan fingerprint density at radius 2 is 2.00 bits per heavy atom. The standard InChI is InChI=1S/C19H24N2O2S/c1-15-6-8-16(9-7-15)23-14-19(22)20-13-17(18-5-4-12-24-18)21-10-2-3-11-21/h4-9,12,17H,2-3,10-11,13-14H2,1H3,(H,20,22)/t17-/m0/s1. The SMILES string of the molecule is Cc1ccc(OCC(=O)NC[C@@H](c2cccs2)N2CCCC2)cc1. The van der Waals surface area contributed by atoms with Crippen LogP contribution in [-0.4, -0.2) is 37.0 Å². The lowest BCUT2D eigenvalue weighted by Gasteiger charge is -2.26. The van der Waals surface area contributed by atoms with E-state index in [9.17, 15) is 4.79 Å². The highest BCUT2D eigenvalue weighted by Crippen LogP contribution is 2.27. The van der Waals surface area contributed by atoms with E-state index in [1.807, 2.05) is 31.2 Å². The number of aryl methyl sites for hydroxylation is 1. The summed E-state index contributed by atoms with van der Waals surface area (Å²) < 4.78 is 5.55. The van der Waals surface area contributed by atoms with E-state index in [0.717, 1.165) is 18.8 Å². The fourth-order valence-corrected chi connectivity index (χ4v) is 3.85. The second-order valence-corrected chi connectivity index (χ2v) is 7.16. The van der Waals surface area contributed by atoms with Crippen molar-refractivity contribution in [2.45, 2.75) is 25.8 Å². The molecule has 1 fully saturated rings. The number of carbonyl (C=O) groups excluding carboxylic acids is 1. The van der Waals surface area contributed by atoms with E-state index in [2.05, 4.69) is 27.7 Å². The van der Waals surface area contributed by atoms with E-state index in [1.54, 1.807) is 11.3 Å². The Bertz CT molecular complexity index is 634. The van der Waals surface area contributed by atoms with Crippen LogP contribution in [0.4, 0.5) is 0 Å². The van der Waals surface area contributed by atoms with Crippen LogP contribution in [0.5, 0.6) is 5.75 Å². The molecule has 1 aromatic carbocycles. The highest BCUT2D eigenvalue weighted by molar-refractivity contribution is 7.10. The second-order valence-electron chi connectivity index (χ2n) is 6.18. The second kappa shape index (κ2) is 8.31. The predicted molar refractivity (Wildman–Crippen MR) is 97.6 cm³/mol. The Morgan fingerprint density at radius 3 is 2.67 bits per heavy atom. The number of likely N-dealkylation sites (tertiary alicyclic amines) is 1. The Kier molecular flexibility index (Phi) is 5.88. The van der Waals surface area contributed by atoms with Gasteiger partial charge in [0.15, 0.2) is 6.61 Å². The highest BCUT2D eigenvalue weighted by Gasteiger charge is 2.24. The Balaban J connectivity index is 1.50. The van der Waals surface area contributed by atoms with Gasteiger partial charge >= 0.3 is 0 Å². The maximum Gasteiger partial charge on any atom is 0.258 e. The lowest BCUT2D eigenvalue weighted by molar-refractivity contribution is -0.123. The average Bonchev–Trinajstić information content (AvgIpc) is 3.29. The van der Waals surface area contributed by atoms with E-state index in [0.29, 0.717) is 6.54 Å². The smallest absolute Gasteiger partial charge is 0.258 e. The topological polar surface area (TPSA) is 41.6 Å². The number of nitrogens with zero attached hydrogens (tertiary/aromatic N) is 1. The van der Waals surface area contributed by atoms with Crippen LogP contribution in [0, 0.1) is 6.92 Å². The van der Waals surface area contributed by atoms with Gasteiger partial charge < -0.3 is 10.1 Å². The molecule has 24 heavy (non-hydrogen) atoms. The molecular weight excluding hydrogens is 320 g/mol. The first-order valence-corrected chi connectivity index (χ1v) is 9.34. The Morgan fingerprint density at radius 1 is 1.25 bits per heavy atom. The molecule has 3 rings (SSSR count). The molecular formula is C19H24N2O2S. The highest BCUT2D eigenvalue weighted by atomic mass is 32.1. The zero-order valence-corrected chi connectivity index (χ0v) is 14.8. The third-order valence-electron chi connectivity index (χ3n) is 4.34. The van der Waals surface area contributed by atoms with E-state index < -0.39 is 0 Å². The molecule has 1 aliphatic rings. The number of benzene rings is 1. The summed E-state index contributed by atoms with van der Waals surface area (Å²) in [6.07, 6.45) is 2.48. The van der Waals surface area contributed by atoms with Gasteiger partial charge in [0.05, 0.1) is 6.04 Å². The third kappa shape index (κ3) is 4.58. The molecule has 1 saturated heterocycles. The molecule has 1 aromatic heterocycles. The van der Waals surface area contributed by atoms with Crippen LogP contribution in [0.25, 0.3) is 0 Å². The van der Waals surface area contributed by atoms with E-state index in [1.165, 1.54) is 23.3 Å². The lowest BCUT2D eigenvalue weighted by atomic mass is 10.2. The molecule has 1 atom stereocenters. The fourth-order valence-electron chi connectivity index (χ4n) is 2.99. The van der Waals surface area contributed by atoms with Crippen molar-refractivity contribution < 1.29 is 9.53 Å². The minimum Gasteiger partial charge on any atom is -0.484 e. The van der Waals surface area contributed by atoms with Crippen molar-refractivity contribution in [1.82, 2.24) is 10.2 Å². The van der Waals surface area contributed by atoms with Gasteiger partial charge in [-0.2, -0.15) is 0 Å². The van der Waals surface area contributed by atoms with Crippen LogP contribution >= 0.6 is 11.3 Å². The van der Waals surface area contributed by atoms with Crippen LogP contribution in [0.3, 0.4) is 0 Å². The third-order valence-corrected chi connectivity index (χ3v) is 5.31. The van der Waals surface area contributed by atoms with E-state index in [-0.39, 0.29) is 18.6 Å². The summed E-state index contributed by atoms with van der Waals surface area (Å²) in [5, 5.41) is 5.13. The zero-order chi connectivity index (χ0) is 16.8. The summed E-state index contributed by atoms with van der Waals surface area (Å²) in [4.78, 5) is 15.9.